The molecule has 8 heteroatoms. The molecule has 1 aliphatic heterocycles. The molecular formula is C18H25ClIN5S. The molecule has 1 fully saturated rings. The Balaban J connectivity index is 0.00000243. The van der Waals surface area contributed by atoms with Crippen molar-refractivity contribution < 1.29 is 0 Å². The second kappa shape index (κ2) is 11.0. The van der Waals surface area contributed by atoms with E-state index in [-0.39, 0.29) is 24.0 Å². The average Bonchev–Trinajstić information content (AvgIpc) is 3.30. The number of hydrogen-bond acceptors (Lipinski definition) is 3. The maximum absolute atomic E-state index is 5.93. The molecular weight excluding hydrogens is 481 g/mol. The third kappa shape index (κ3) is 6.35. The fraction of sp³-hybridized carbons (Fsp3) is 0.444. The lowest BCUT2D eigenvalue weighted by atomic mass is 10.2. The van der Waals surface area contributed by atoms with Crippen LogP contribution in [-0.4, -0.2) is 39.8 Å². The van der Waals surface area contributed by atoms with Gasteiger partial charge in [0.1, 0.15) is 0 Å². The van der Waals surface area contributed by atoms with Crippen molar-refractivity contribution in [1.29, 1.82) is 0 Å². The number of nitrogens with one attached hydrogen (secondary N) is 2. The van der Waals surface area contributed by atoms with Crippen LogP contribution in [0.5, 0.6) is 0 Å². The molecule has 142 valence electrons. The van der Waals surface area contributed by atoms with E-state index in [2.05, 4.69) is 39.4 Å². The minimum atomic E-state index is 0. The summed E-state index contributed by atoms with van der Waals surface area (Å²) in [7, 11) is 0. The van der Waals surface area contributed by atoms with Crippen molar-refractivity contribution >= 4 is 53.3 Å². The van der Waals surface area contributed by atoms with Gasteiger partial charge < -0.3 is 10.6 Å². The summed E-state index contributed by atoms with van der Waals surface area (Å²) in [6.07, 6.45) is 6.48. The van der Waals surface area contributed by atoms with Gasteiger partial charge in [0.05, 0.1) is 18.4 Å². The molecule has 0 aliphatic carbocycles. The fourth-order valence-corrected chi connectivity index (χ4v) is 4.03. The van der Waals surface area contributed by atoms with E-state index >= 15 is 0 Å². The zero-order valence-corrected chi connectivity index (χ0v) is 18.7. The lowest BCUT2D eigenvalue weighted by molar-refractivity contribution is 0.727. The molecule has 0 radical (unpaired) electrons. The quantitative estimate of drug-likeness (QED) is 0.353. The van der Waals surface area contributed by atoms with Gasteiger partial charge >= 0.3 is 0 Å². The first-order chi connectivity index (χ1) is 12.2. The summed E-state index contributed by atoms with van der Waals surface area (Å²) in [5, 5.41) is 12.6. The molecule has 1 aromatic heterocycles. The van der Waals surface area contributed by atoms with Gasteiger partial charge in [-0.25, -0.2) is 9.67 Å². The maximum Gasteiger partial charge on any atom is 0.191 e. The molecule has 2 heterocycles. The van der Waals surface area contributed by atoms with E-state index in [0.29, 0.717) is 11.8 Å². The van der Waals surface area contributed by atoms with Crippen LogP contribution in [0.25, 0.3) is 5.69 Å². The molecule has 1 saturated heterocycles. The Kier molecular flexibility index (Phi) is 9.07. The van der Waals surface area contributed by atoms with E-state index in [1.54, 1.807) is 0 Å². The molecule has 1 aliphatic rings. The Morgan fingerprint density at radius 3 is 2.85 bits per heavy atom. The third-order valence-corrected chi connectivity index (χ3v) is 5.66. The lowest BCUT2D eigenvalue weighted by Crippen LogP contribution is -2.40. The molecule has 3 rings (SSSR count). The maximum atomic E-state index is 5.93. The summed E-state index contributed by atoms with van der Waals surface area (Å²) < 4.78 is 1.84. The van der Waals surface area contributed by atoms with Gasteiger partial charge in [0.25, 0.3) is 0 Å². The van der Waals surface area contributed by atoms with E-state index in [1.165, 1.54) is 18.6 Å². The van der Waals surface area contributed by atoms with Crippen LogP contribution in [0.15, 0.2) is 41.7 Å². The van der Waals surface area contributed by atoms with Crippen molar-refractivity contribution in [3.8, 4) is 5.69 Å². The molecule has 1 atom stereocenters. The number of hydrogen-bond donors (Lipinski definition) is 2. The summed E-state index contributed by atoms with van der Waals surface area (Å²) in [5.41, 5.74) is 2.06. The van der Waals surface area contributed by atoms with Crippen molar-refractivity contribution in [2.45, 2.75) is 31.6 Å². The SMILES string of the molecule is CCNC(=NCc1cnn(-c2ccc(Cl)cc2)c1)NCC1CCCS1.I. The normalized spacial score (nSPS) is 17.0. The van der Waals surface area contributed by atoms with Crippen molar-refractivity contribution in [2.75, 3.05) is 18.8 Å². The second-order valence-corrected chi connectivity index (χ2v) is 7.83. The minimum Gasteiger partial charge on any atom is -0.357 e. The summed E-state index contributed by atoms with van der Waals surface area (Å²) >= 11 is 7.98. The Morgan fingerprint density at radius 1 is 1.35 bits per heavy atom. The fourth-order valence-electron chi connectivity index (χ4n) is 2.70. The topological polar surface area (TPSA) is 54.2 Å². The van der Waals surface area contributed by atoms with Crippen LogP contribution in [0, 0.1) is 0 Å². The predicted molar refractivity (Wildman–Crippen MR) is 122 cm³/mol. The van der Waals surface area contributed by atoms with Gasteiger partial charge in [-0.2, -0.15) is 16.9 Å². The summed E-state index contributed by atoms with van der Waals surface area (Å²) in [6, 6.07) is 7.63. The summed E-state index contributed by atoms with van der Waals surface area (Å²) in [5.74, 6) is 2.15. The number of halogens is 2. The second-order valence-electron chi connectivity index (χ2n) is 5.98. The van der Waals surface area contributed by atoms with E-state index in [0.717, 1.165) is 35.3 Å². The van der Waals surface area contributed by atoms with Gasteiger partial charge in [0, 0.05) is 35.1 Å². The van der Waals surface area contributed by atoms with Crippen LogP contribution in [0.4, 0.5) is 0 Å². The zero-order valence-electron chi connectivity index (χ0n) is 14.8. The van der Waals surface area contributed by atoms with Crippen LogP contribution >= 0.6 is 47.3 Å². The van der Waals surface area contributed by atoms with Gasteiger partial charge in [-0.05, 0) is 49.8 Å². The molecule has 0 bridgehead atoms. The molecule has 26 heavy (non-hydrogen) atoms. The van der Waals surface area contributed by atoms with Gasteiger partial charge in [0.15, 0.2) is 5.96 Å². The predicted octanol–water partition coefficient (Wildman–Crippen LogP) is 4.09. The number of benzene rings is 1. The van der Waals surface area contributed by atoms with E-state index in [1.807, 2.05) is 41.3 Å². The first-order valence-corrected chi connectivity index (χ1v) is 10.1. The molecule has 5 nitrogen and oxygen atoms in total. The van der Waals surface area contributed by atoms with Crippen LogP contribution in [-0.2, 0) is 6.54 Å². The van der Waals surface area contributed by atoms with Crippen molar-refractivity contribution in [1.82, 2.24) is 20.4 Å². The highest BCUT2D eigenvalue weighted by molar-refractivity contribution is 14.0. The Hall–Kier alpha value is -0.930. The van der Waals surface area contributed by atoms with Gasteiger partial charge in [-0.15, -0.1) is 24.0 Å². The van der Waals surface area contributed by atoms with Crippen molar-refractivity contribution in [3.05, 3.63) is 47.2 Å². The number of guanidine groups is 1. The molecule has 1 unspecified atom stereocenters. The lowest BCUT2D eigenvalue weighted by Gasteiger charge is -2.14. The first kappa shape index (κ1) is 21.4. The van der Waals surface area contributed by atoms with Crippen LogP contribution < -0.4 is 10.6 Å². The molecule has 2 aromatic rings. The van der Waals surface area contributed by atoms with Crippen LogP contribution in [0.1, 0.15) is 25.3 Å². The van der Waals surface area contributed by atoms with E-state index in [4.69, 9.17) is 11.6 Å². The molecule has 2 N–H and O–H groups in total. The van der Waals surface area contributed by atoms with E-state index in [9.17, 15) is 0 Å². The Bertz CT molecular complexity index is 698. The summed E-state index contributed by atoms with van der Waals surface area (Å²) in [6.45, 7) is 4.51. The molecule has 1 aromatic carbocycles. The molecule has 0 spiro atoms. The van der Waals surface area contributed by atoms with Gasteiger partial charge in [-0.1, -0.05) is 11.6 Å². The highest BCUT2D eigenvalue weighted by Gasteiger charge is 2.15. The number of thioether (sulfide) groups is 1. The standard InChI is InChI=1S/C18H24ClN5S.HI/c1-2-20-18(22-12-17-4-3-9-25-17)21-10-14-11-23-24(13-14)16-7-5-15(19)6-8-16;/h5-8,11,13,17H,2-4,9-10,12H2,1H3,(H2,20,21,22);1H. The monoisotopic (exact) mass is 505 g/mol. The number of aromatic nitrogens is 2. The minimum absolute atomic E-state index is 0. The largest absolute Gasteiger partial charge is 0.357 e. The average molecular weight is 506 g/mol. The number of aliphatic imine (C=N–C) groups is 1. The Morgan fingerprint density at radius 2 is 2.15 bits per heavy atom. The highest BCUT2D eigenvalue weighted by atomic mass is 127. The van der Waals surface area contributed by atoms with Crippen molar-refractivity contribution in [3.63, 3.8) is 0 Å². The molecule has 0 amide bonds. The number of rotatable bonds is 6. The van der Waals surface area contributed by atoms with Gasteiger partial charge in [0.2, 0.25) is 0 Å². The number of nitrogens with zero attached hydrogens (tertiary/aromatic N) is 3. The van der Waals surface area contributed by atoms with Crippen molar-refractivity contribution in [2.24, 2.45) is 4.99 Å². The van der Waals surface area contributed by atoms with Gasteiger partial charge in [-0.3, -0.25) is 0 Å². The third-order valence-electron chi connectivity index (χ3n) is 4.01. The Labute approximate surface area is 181 Å². The zero-order chi connectivity index (χ0) is 17.5. The van der Waals surface area contributed by atoms with E-state index < -0.39 is 0 Å². The first-order valence-electron chi connectivity index (χ1n) is 8.68. The highest BCUT2D eigenvalue weighted by Crippen LogP contribution is 2.25. The van der Waals surface area contributed by atoms with Crippen LogP contribution in [0.3, 0.4) is 0 Å². The molecule has 0 saturated carbocycles. The van der Waals surface area contributed by atoms with Crippen LogP contribution in [0.2, 0.25) is 5.02 Å². The summed E-state index contributed by atoms with van der Waals surface area (Å²) in [4.78, 5) is 4.68. The smallest absolute Gasteiger partial charge is 0.191 e.